The molecule has 0 saturated heterocycles. The van der Waals surface area contributed by atoms with Crippen molar-refractivity contribution in [3.8, 4) is 0 Å². The Bertz CT molecular complexity index is 568. The lowest BCUT2D eigenvalue weighted by atomic mass is 10.2. The summed E-state index contributed by atoms with van der Waals surface area (Å²) in [5.41, 5.74) is 2.86. The Kier molecular flexibility index (Phi) is 4.44. The Hall–Kier alpha value is -0.840. The molecule has 1 atom stereocenters. The number of nitrogens with zero attached hydrogens (tertiary/aromatic N) is 1. The van der Waals surface area contributed by atoms with Gasteiger partial charge in [-0.3, -0.25) is 0 Å². The van der Waals surface area contributed by atoms with Crippen molar-refractivity contribution in [2.45, 2.75) is 25.9 Å². The summed E-state index contributed by atoms with van der Waals surface area (Å²) in [5, 5.41) is 5.75. The van der Waals surface area contributed by atoms with Crippen LogP contribution in [0.15, 0.2) is 40.2 Å². The van der Waals surface area contributed by atoms with Gasteiger partial charge in [0.1, 0.15) is 0 Å². The molecule has 0 radical (unpaired) electrons. The van der Waals surface area contributed by atoms with Crippen molar-refractivity contribution in [3.63, 3.8) is 0 Å². The maximum atomic E-state index is 3.61. The molecule has 0 aliphatic carbocycles. The first-order chi connectivity index (χ1) is 9.72. The van der Waals surface area contributed by atoms with Gasteiger partial charge in [0.25, 0.3) is 0 Å². The molecule has 1 aliphatic rings. The van der Waals surface area contributed by atoms with Crippen molar-refractivity contribution >= 4 is 33.0 Å². The van der Waals surface area contributed by atoms with Crippen molar-refractivity contribution in [1.82, 2.24) is 5.32 Å². The third-order valence-electron chi connectivity index (χ3n) is 3.74. The van der Waals surface area contributed by atoms with Crippen LogP contribution in [0, 0.1) is 0 Å². The highest BCUT2D eigenvalue weighted by atomic mass is 79.9. The summed E-state index contributed by atoms with van der Waals surface area (Å²) in [6, 6.07) is 11.4. The summed E-state index contributed by atoms with van der Waals surface area (Å²) in [5.74, 6) is 0. The van der Waals surface area contributed by atoms with E-state index in [0.29, 0.717) is 6.04 Å². The van der Waals surface area contributed by atoms with Crippen LogP contribution in [0.4, 0.5) is 5.69 Å². The fourth-order valence-electron chi connectivity index (χ4n) is 2.69. The van der Waals surface area contributed by atoms with E-state index in [1.807, 2.05) is 11.3 Å². The molecule has 20 heavy (non-hydrogen) atoms. The van der Waals surface area contributed by atoms with Gasteiger partial charge in [-0.1, -0.05) is 28.1 Å². The third-order valence-corrected chi connectivity index (χ3v) is 5.11. The molecule has 0 bridgehead atoms. The van der Waals surface area contributed by atoms with Crippen LogP contribution in [0.2, 0.25) is 0 Å². The van der Waals surface area contributed by atoms with Gasteiger partial charge in [0.15, 0.2) is 0 Å². The maximum Gasteiger partial charge on any atom is 0.0411 e. The number of anilines is 1. The van der Waals surface area contributed by atoms with Crippen LogP contribution in [0.5, 0.6) is 0 Å². The van der Waals surface area contributed by atoms with Gasteiger partial charge < -0.3 is 10.2 Å². The fraction of sp³-hybridized carbons (Fsp3) is 0.375. The Morgan fingerprint density at radius 1 is 1.40 bits per heavy atom. The van der Waals surface area contributed by atoms with Crippen molar-refractivity contribution in [1.29, 1.82) is 0 Å². The van der Waals surface area contributed by atoms with Gasteiger partial charge in [-0.2, -0.15) is 0 Å². The first-order valence-corrected chi connectivity index (χ1v) is 8.69. The fourth-order valence-corrected chi connectivity index (χ4v) is 3.70. The predicted octanol–water partition coefficient (Wildman–Crippen LogP) is 4.05. The molecule has 106 valence electrons. The van der Waals surface area contributed by atoms with Crippen LogP contribution in [0.1, 0.15) is 17.4 Å². The van der Waals surface area contributed by atoms with Crippen LogP contribution in [-0.2, 0) is 13.0 Å². The summed E-state index contributed by atoms with van der Waals surface area (Å²) < 4.78 is 1.17. The van der Waals surface area contributed by atoms with Crippen LogP contribution in [0.25, 0.3) is 0 Å². The maximum absolute atomic E-state index is 3.61. The van der Waals surface area contributed by atoms with Crippen molar-refractivity contribution in [2.75, 3.05) is 18.0 Å². The van der Waals surface area contributed by atoms with Crippen LogP contribution < -0.4 is 10.2 Å². The molecular formula is C16H19BrN2S. The zero-order chi connectivity index (χ0) is 13.9. The highest BCUT2D eigenvalue weighted by molar-refractivity contribution is 9.10. The van der Waals surface area contributed by atoms with Gasteiger partial charge in [0, 0.05) is 40.7 Å². The second kappa shape index (κ2) is 6.29. The molecule has 3 rings (SSSR count). The Labute approximate surface area is 132 Å². The van der Waals surface area contributed by atoms with Crippen LogP contribution in [-0.4, -0.2) is 19.1 Å². The van der Waals surface area contributed by atoms with E-state index in [-0.39, 0.29) is 0 Å². The average molecular weight is 351 g/mol. The Morgan fingerprint density at radius 3 is 3.10 bits per heavy atom. The molecule has 1 unspecified atom stereocenters. The number of nitrogens with one attached hydrogen (secondary N) is 1. The van der Waals surface area contributed by atoms with Gasteiger partial charge in [-0.05, 0) is 42.5 Å². The van der Waals surface area contributed by atoms with Gasteiger partial charge in [-0.15, -0.1) is 11.3 Å². The summed E-state index contributed by atoms with van der Waals surface area (Å²) in [6.45, 7) is 5.44. The summed E-state index contributed by atoms with van der Waals surface area (Å²) in [7, 11) is 0. The number of halogens is 1. The minimum atomic E-state index is 0.488. The highest BCUT2D eigenvalue weighted by Gasteiger charge is 2.20. The van der Waals surface area contributed by atoms with Crippen LogP contribution in [0.3, 0.4) is 0 Å². The molecule has 0 amide bonds. The zero-order valence-corrected chi connectivity index (χ0v) is 14.0. The van der Waals surface area contributed by atoms with Crippen LogP contribution >= 0.6 is 27.3 Å². The number of benzene rings is 1. The molecule has 0 fully saturated rings. The molecule has 1 N–H and O–H groups in total. The number of hydrogen-bond donors (Lipinski definition) is 1. The number of thiophene rings is 1. The van der Waals surface area contributed by atoms with Crippen molar-refractivity contribution < 1.29 is 0 Å². The van der Waals surface area contributed by atoms with Crippen molar-refractivity contribution in [3.05, 3.63) is 50.6 Å². The predicted molar refractivity (Wildman–Crippen MR) is 90.7 cm³/mol. The first-order valence-electron chi connectivity index (χ1n) is 7.01. The second-order valence-corrected chi connectivity index (χ2v) is 7.28. The largest absolute Gasteiger partial charge is 0.369 e. The van der Waals surface area contributed by atoms with E-state index in [2.05, 4.69) is 68.8 Å². The van der Waals surface area contributed by atoms with E-state index in [4.69, 9.17) is 0 Å². The van der Waals surface area contributed by atoms with E-state index < -0.39 is 0 Å². The lowest BCUT2D eigenvalue weighted by Crippen LogP contribution is -2.38. The minimum absolute atomic E-state index is 0.488. The van der Waals surface area contributed by atoms with E-state index in [1.165, 1.54) is 27.0 Å². The molecule has 2 nitrogen and oxygen atoms in total. The van der Waals surface area contributed by atoms with Gasteiger partial charge in [0.2, 0.25) is 0 Å². The number of fused-ring (bicyclic) bond motifs is 1. The molecule has 2 aromatic rings. The Morgan fingerprint density at radius 2 is 2.30 bits per heavy atom. The molecular weight excluding hydrogens is 332 g/mol. The van der Waals surface area contributed by atoms with Gasteiger partial charge in [-0.25, -0.2) is 0 Å². The first kappa shape index (κ1) is 14.1. The molecule has 0 spiro atoms. The molecule has 4 heteroatoms. The molecule has 1 aliphatic heterocycles. The molecule has 2 heterocycles. The van der Waals surface area contributed by atoms with Gasteiger partial charge >= 0.3 is 0 Å². The topological polar surface area (TPSA) is 15.3 Å². The lowest BCUT2D eigenvalue weighted by Gasteiger charge is -2.24. The SMILES string of the molecule is CC(CN1CCc2ccc(Br)cc21)NCc1cccs1. The van der Waals surface area contributed by atoms with Gasteiger partial charge in [0.05, 0.1) is 0 Å². The molecule has 1 aromatic heterocycles. The third kappa shape index (κ3) is 3.25. The summed E-state index contributed by atoms with van der Waals surface area (Å²) >= 11 is 5.39. The van der Waals surface area contributed by atoms with E-state index >= 15 is 0 Å². The summed E-state index contributed by atoms with van der Waals surface area (Å²) in [4.78, 5) is 3.90. The number of hydrogen-bond acceptors (Lipinski definition) is 3. The van der Waals surface area contributed by atoms with E-state index in [9.17, 15) is 0 Å². The van der Waals surface area contributed by atoms with E-state index in [0.717, 1.165) is 19.6 Å². The molecule has 1 aromatic carbocycles. The standard InChI is InChI=1S/C16H19BrN2S/c1-12(18-10-15-3-2-8-20-15)11-19-7-6-13-4-5-14(17)9-16(13)19/h2-5,8-9,12,18H,6-7,10-11H2,1H3. The molecule has 0 saturated carbocycles. The number of rotatable bonds is 5. The smallest absolute Gasteiger partial charge is 0.0411 e. The second-order valence-electron chi connectivity index (χ2n) is 5.33. The van der Waals surface area contributed by atoms with Crippen molar-refractivity contribution in [2.24, 2.45) is 0 Å². The average Bonchev–Trinajstić information content (AvgIpc) is 3.07. The Balaban J connectivity index is 1.58. The minimum Gasteiger partial charge on any atom is -0.369 e. The monoisotopic (exact) mass is 350 g/mol. The highest BCUT2D eigenvalue weighted by Crippen LogP contribution is 2.30. The quantitative estimate of drug-likeness (QED) is 0.874. The normalized spacial score (nSPS) is 15.4. The zero-order valence-electron chi connectivity index (χ0n) is 11.6. The summed E-state index contributed by atoms with van der Waals surface area (Å²) in [6.07, 6.45) is 1.17. The lowest BCUT2D eigenvalue weighted by molar-refractivity contribution is 0.542. The van der Waals surface area contributed by atoms with E-state index in [1.54, 1.807) is 0 Å².